The Kier molecular flexibility index (Phi) is 6.63. The van der Waals surface area contributed by atoms with Crippen LogP contribution in [0.2, 0.25) is 0 Å². The molecule has 0 radical (unpaired) electrons. The number of anilines is 1. The summed E-state index contributed by atoms with van der Waals surface area (Å²) in [4.78, 5) is 11.9. The first-order valence-electron chi connectivity index (χ1n) is 11.2. The number of benzene rings is 2. The number of para-hydroxylation sites is 1. The number of hydrogen-bond donors (Lipinski definition) is 1. The highest BCUT2D eigenvalue weighted by Crippen LogP contribution is 2.31. The van der Waals surface area contributed by atoms with Crippen molar-refractivity contribution in [1.82, 2.24) is 14.1 Å². The van der Waals surface area contributed by atoms with Gasteiger partial charge in [0.25, 0.3) is 5.69 Å². The van der Waals surface area contributed by atoms with Crippen molar-refractivity contribution < 1.29 is 13.3 Å². The summed E-state index contributed by atoms with van der Waals surface area (Å²) in [5.74, 6) is 0. The monoisotopic (exact) mass is 522 g/mol. The molecule has 5 rings (SSSR count). The molecule has 0 atom stereocenters. The van der Waals surface area contributed by atoms with Crippen LogP contribution < -0.4 is 5.43 Å². The second-order valence-corrected chi connectivity index (χ2v) is 11.0. The standard InChI is InChI=1S/C24H22N6O4S2/c31-30(32)22-15-20(36(33,34)28-12-4-5-13-28)10-11-21(22)26-25-16-18-17-29(19-7-2-1-3-8-19)27-24(18)23-9-6-14-35-23/h1-3,6-11,14-17,26H,4-5,12-13H2/b25-16+. The third-order valence-electron chi connectivity index (χ3n) is 5.78. The van der Waals surface area contributed by atoms with E-state index in [1.54, 1.807) is 22.2 Å². The summed E-state index contributed by atoms with van der Waals surface area (Å²) in [6.45, 7) is 0.841. The first-order chi connectivity index (χ1) is 17.4. The van der Waals surface area contributed by atoms with Gasteiger partial charge >= 0.3 is 0 Å². The number of sulfonamides is 1. The summed E-state index contributed by atoms with van der Waals surface area (Å²) >= 11 is 1.54. The van der Waals surface area contributed by atoms with Gasteiger partial charge in [-0.05, 0) is 48.6 Å². The van der Waals surface area contributed by atoms with Gasteiger partial charge < -0.3 is 0 Å². The Bertz CT molecular complexity index is 1510. The number of hydrogen-bond acceptors (Lipinski definition) is 8. The summed E-state index contributed by atoms with van der Waals surface area (Å²) in [6, 6.07) is 17.3. The summed E-state index contributed by atoms with van der Waals surface area (Å²) in [5, 5.41) is 22.6. The molecule has 10 nitrogen and oxygen atoms in total. The zero-order valence-electron chi connectivity index (χ0n) is 19.0. The van der Waals surface area contributed by atoms with E-state index >= 15 is 0 Å². The predicted octanol–water partition coefficient (Wildman–Crippen LogP) is 4.74. The zero-order chi connectivity index (χ0) is 25.1. The molecule has 0 spiro atoms. The summed E-state index contributed by atoms with van der Waals surface area (Å²) in [6.07, 6.45) is 4.93. The van der Waals surface area contributed by atoms with E-state index in [9.17, 15) is 18.5 Å². The smallest absolute Gasteiger partial charge is 0.272 e. The number of nitrogens with zero attached hydrogens (tertiary/aromatic N) is 5. The van der Waals surface area contributed by atoms with Crippen LogP contribution in [0.25, 0.3) is 16.3 Å². The molecular formula is C24H22N6O4S2. The molecule has 3 heterocycles. The summed E-state index contributed by atoms with van der Waals surface area (Å²) in [7, 11) is -3.78. The van der Waals surface area contributed by atoms with Crippen molar-refractivity contribution in [3.63, 3.8) is 0 Å². The van der Waals surface area contributed by atoms with E-state index in [2.05, 4.69) is 10.5 Å². The Morgan fingerprint density at radius 1 is 1.08 bits per heavy atom. The minimum Gasteiger partial charge on any atom is -0.272 e. The minimum absolute atomic E-state index is 0.0877. The van der Waals surface area contributed by atoms with Crippen LogP contribution >= 0.6 is 11.3 Å². The molecule has 4 aromatic rings. The molecule has 36 heavy (non-hydrogen) atoms. The van der Waals surface area contributed by atoms with Gasteiger partial charge in [-0.2, -0.15) is 14.5 Å². The van der Waals surface area contributed by atoms with Crippen LogP contribution in [0.5, 0.6) is 0 Å². The number of thiophene rings is 1. The van der Waals surface area contributed by atoms with Crippen LogP contribution in [0.4, 0.5) is 11.4 Å². The molecule has 1 saturated heterocycles. The van der Waals surface area contributed by atoms with Gasteiger partial charge in [0.15, 0.2) is 0 Å². The molecule has 1 aliphatic rings. The van der Waals surface area contributed by atoms with Gasteiger partial charge in [-0.25, -0.2) is 13.1 Å². The number of nitro groups is 1. The average molecular weight is 523 g/mol. The molecule has 184 valence electrons. The normalized spacial score (nSPS) is 14.4. The van der Waals surface area contributed by atoms with Crippen LogP contribution in [0.1, 0.15) is 18.4 Å². The van der Waals surface area contributed by atoms with Gasteiger partial charge in [-0.1, -0.05) is 24.3 Å². The number of nitrogens with one attached hydrogen (secondary N) is 1. The molecule has 1 fully saturated rings. The van der Waals surface area contributed by atoms with Crippen molar-refractivity contribution in [3.8, 4) is 16.3 Å². The van der Waals surface area contributed by atoms with Crippen LogP contribution in [0.15, 0.2) is 82.2 Å². The van der Waals surface area contributed by atoms with Gasteiger partial charge in [-0.3, -0.25) is 15.5 Å². The molecule has 0 amide bonds. The first kappa shape index (κ1) is 23.9. The largest absolute Gasteiger partial charge is 0.295 e. The maximum atomic E-state index is 12.8. The topological polar surface area (TPSA) is 123 Å². The first-order valence-corrected chi connectivity index (χ1v) is 13.5. The zero-order valence-corrected chi connectivity index (χ0v) is 20.7. The highest BCUT2D eigenvalue weighted by Gasteiger charge is 2.29. The average Bonchev–Trinajstić information content (AvgIpc) is 3.67. The van der Waals surface area contributed by atoms with E-state index in [1.165, 1.54) is 16.4 Å². The molecule has 1 aliphatic heterocycles. The molecule has 1 N–H and O–H groups in total. The Hall–Kier alpha value is -3.87. The summed E-state index contributed by atoms with van der Waals surface area (Å²) < 4.78 is 28.8. The number of nitro benzene ring substituents is 1. The highest BCUT2D eigenvalue weighted by molar-refractivity contribution is 7.89. The van der Waals surface area contributed by atoms with Crippen molar-refractivity contribution in [1.29, 1.82) is 0 Å². The third-order valence-corrected chi connectivity index (χ3v) is 8.55. The van der Waals surface area contributed by atoms with Crippen LogP contribution in [0.3, 0.4) is 0 Å². The van der Waals surface area contributed by atoms with E-state index in [4.69, 9.17) is 5.10 Å². The summed E-state index contributed by atoms with van der Waals surface area (Å²) in [5.41, 5.74) is 4.74. The van der Waals surface area contributed by atoms with E-state index in [0.29, 0.717) is 18.7 Å². The van der Waals surface area contributed by atoms with Gasteiger partial charge in [-0.15, -0.1) is 11.3 Å². The maximum absolute atomic E-state index is 12.8. The molecule has 12 heteroatoms. The second kappa shape index (κ2) is 10.0. The molecule has 2 aromatic heterocycles. The maximum Gasteiger partial charge on any atom is 0.295 e. The van der Waals surface area contributed by atoms with Gasteiger partial charge in [0.2, 0.25) is 10.0 Å². The lowest BCUT2D eigenvalue weighted by Gasteiger charge is -2.15. The van der Waals surface area contributed by atoms with E-state index in [-0.39, 0.29) is 16.3 Å². The van der Waals surface area contributed by atoms with Gasteiger partial charge in [0, 0.05) is 30.9 Å². The number of aromatic nitrogens is 2. The highest BCUT2D eigenvalue weighted by atomic mass is 32.2. The van der Waals surface area contributed by atoms with Crippen LogP contribution in [-0.2, 0) is 10.0 Å². The quantitative estimate of drug-likeness (QED) is 0.203. The Morgan fingerprint density at radius 3 is 2.56 bits per heavy atom. The third kappa shape index (κ3) is 4.78. The molecule has 0 aliphatic carbocycles. The Morgan fingerprint density at radius 2 is 1.86 bits per heavy atom. The van der Waals surface area contributed by atoms with Crippen molar-refractivity contribution >= 4 is 38.9 Å². The van der Waals surface area contributed by atoms with Crippen LogP contribution in [0, 0.1) is 10.1 Å². The molecule has 0 unspecified atom stereocenters. The predicted molar refractivity (Wildman–Crippen MR) is 139 cm³/mol. The fourth-order valence-corrected chi connectivity index (χ4v) is 6.23. The minimum atomic E-state index is -3.78. The van der Waals surface area contributed by atoms with E-state index in [1.807, 2.05) is 54.0 Å². The van der Waals surface area contributed by atoms with Gasteiger partial charge in [0.05, 0.1) is 26.6 Å². The molecule has 2 aromatic carbocycles. The number of hydrazone groups is 1. The molecule has 0 bridgehead atoms. The van der Waals surface area contributed by atoms with Crippen LogP contribution in [-0.4, -0.2) is 46.7 Å². The fraction of sp³-hybridized carbons (Fsp3) is 0.167. The lowest BCUT2D eigenvalue weighted by molar-refractivity contribution is -0.384. The van der Waals surface area contributed by atoms with Crippen molar-refractivity contribution in [2.24, 2.45) is 5.10 Å². The Labute approximate surface area is 211 Å². The lowest BCUT2D eigenvalue weighted by atomic mass is 10.2. The van der Waals surface area contributed by atoms with Crippen molar-refractivity contribution in [2.45, 2.75) is 17.7 Å². The lowest BCUT2D eigenvalue weighted by Crippen LogP contribution is -2.27. The van der Waals surface area contributed by atoms with E-state index < -0.39 is 14.9 Å². The second-order valence-electron chi connectivity index (χ2n) is 8.11. The SMILES string of the molecule is O=[N+]([O-])c1cc(S(=O)(=O)N2CCCC2)ccc1N/N=C/c1cn(-c2ccccc2)nc1-c1cccs1. The fourth-order valence-electron chi connectivity index (χ4n) is 3.97. The van der Waals surface area contributed by atoms with Crippen molar-refractivity contribution in [2.75, 3.05) is 18.5 Å². The van der Waals surface area contributed by atoms with Crippen molar-refractivity contribution in [3.05, 3.63) is 87.9 Å². The molecular weight excluding hydrogens is 500 g/mol. The Balaban J connectivity index is 1.43. The molecule has 0 saturated carbocycles. The van der Waals surface area contributed by atoms with Gasteiger partial charge in [0.1, 0.15) is 11.4 Å². The number of rotatable bonds is 8. The van der Waals surface area contributed by atoms with E-state index in [0.717, 1.165) is 35.2 Å².